The fraction of sp³-hybridized carbons (Fsp3) is 0.133. The van der Waals surface area contributed by atoms with Gasteiger partial charge in [0.1, 0.15) is 16.8 Å². The fourth-order valence-corrected chi connectivity index (χ4v) is 2.80. The van der Waals surface area contributed by atoms with E-state index in [1.165, 1.54) is 0 Å². The lowest BCUT2D eigenvalue weighted by Gasteiger charge is -2.09. The second-order valence-electron chi connectivity index (χ2n) is 4.71. The normalized spacial score (nSPS) is 10.6. The summed E-state index contributed by atoms with van der Waals surface area (Å²) in [4.78, 5) is 12.0. The van der Waals surface area contributed by atoms with Crippen molar-refractivity contribution >= 4 is 46.0 Å². The van der Waals surface area contributed by atoms with Crippen LogP contribution < -0.4 is 10.1 Å². The smallest absolute Gasteiger partial charge is 0.262 e. The molecule has 0 aliphatic carbocycles. The maximum atomic E-state index is 12.0. The van der Waals surface area contributed by atoms with Gasteiger partial charge in [-0.15, -0.1) is 0 Å². The molecule has 1 N–H and O–H groups in total. The Bertz CT molecular complexity index is 835. The minimum atomic E-state index is -0.280. The number of fused-ring (bicyclic) bond motifs is 1. The predicted molar refractivity (Wildman–Crippen MR) is 87.7 cm³/mol. The molecular formula is C15H12ClN3O2S. The number of nitrogens with zero attached hydrogens (tertiary/aromatic N) is 2. The zero-order valence-electron chi connectivity index (χ0n) is 11.7. The first-order chi connectivity index (χ1) is 10.6. The minimum Gasteiger partial charge on any atom is -0.482 e. The van der Waals surface area contributed by atoms with Crippen LogP contribution in [0.5, 0.6) is 5.75 Å². The quantitative estimate of drug-likeness (QED) is 0.791. The van der Waals surface area contributed by atoms with Crippen LogP contribution in [0, 0.1) is 6.92 Å². The molecule has 0 spiro atoms. The zero-order chi connectivity index (χ0) is 15.5. The summed E-state index contributed by atoms with van der Waals surface area (Å²) in [7, 11) is 0. The number of hydrogen-bond donors (Lipinski definition) is 1. The number of carbonyl (C=O) groups excluding carboxylic acids is 1. The SMILES string of the molecule is Cc1ccc(OCC(=O)Nc2cccc3nsnc23)c(Cl)c1. The lowest BCUT2D eigenvalue weighted by Crippen LogP contribution is -2.20. The van der Waals surface area contributed by atoms with E-state index in [0.717, 1.165) is 22.8 Å². The molecule has 1 heterocycles. The number of halogens is 1. The third-order valence-corrected chi connectivity index (χ3v) is 3.84. The number of rotatable bonds is 4. The number of benzene rings is 2. The van der Waals surface area contributed by atoms with E-state index < -0.39 is 0 Å². The van der Waals surface area contributed by atoms with E-state index in [4.69, 9.17) is 16.3 Å². The molecule has 0 aliphatic heterocycles. The van der Waals surface area contributed by atoms with Crippen LogP contribution in [-0.4, -0.2) is 21.3 Å². The Morgan fingerprint density at radius 2 is 2.18 bits per heavy atom. The summed E-state index contributed by atoms with van der Waals surface area (Å²) in [6.45, 7) is 1.81. The van der Waals surface area contributed by atoms with Gasteiger partial charge >= 0.3 is 0 Å². The Morgan fingerprint density at radius 1 is 1.32 bits per heavy atom. The first-order valence-corrected chi connectivity index (χ1v) is 7.64. The van der Waals surface area contributed by atoms with Crippen LogP contribution in [0.25, 0.3) is 11.0 Å². The van der Waals surface area contributed by atoms with Gasteiger partial charge in [0.05, 0.1) is 22.4 Å². The molecule has 5 nitrogen and oxygen atoms in total. The highest BCUT2D eigenvalue weighted by molar-refractivity contribution is 7.00. The van der Waals surface area contributed by atoms with Gasteiger partial charge in [-0.2, -0.15) is 8.75 Å². The molecule has 0 atom stereocenters. The highest BCUT2D eigenvalue weighted by Gasteiger charge is 2.10. The molecule has 3 aromatic rings. The second kappa shape index (κ2) is 6.29. The molecule has 0 aliphatic rings. The van der Waals surface area contributed by atoms with E-state index in [0.29, 0.717) is 22.0 Å². The molecule has 0 bridgehead atoms. The summed E-state index contributed by atoms with van der Waals surface area (Å²) in [5.74, 6) is 0.202. The Kier molecular flexibility index (Phi) is 4.22. The van der Waals surface area contributed by atoms with Crippen LogP contribution in [0.2, 0.25) is 5.02 Å². The van der Waals surface area contributed by atoms with E-state index in [-0.39, 0.29) is 12.5 Å². The fourth-order valence-electron chi connectivity index (χ4n) is 1.96. The van der Waals surface area contributed by atoms with E-state index in [9.17, 15) is 4.79 Å². The number of amides is 1. The van der Waals surface area contributed by atoms with Crippen molar-refractivity contribution in [2.45, 2.75) is 6.92 Å². The maximum absolute atomic E-state index is 12.0. The molecule has 0 saturated heterocycles. The van der Waals surface area contributed by atoms with Crippen LogP contribution >= 0.6 is 23.3 Å². The Balaban J connectivity index is 1.66. The van der Waals surface area contributed by atoms with Crippen LogP contribution in [0.4, 0.5) is 5.69 Å². The Morgan fingerprint density at radius 3 is 3.00 bits per heavy atom. The molecular weight excluding hydrogens is 322 g/mol. The molecule has 1 amide bonds. The molecule has 112 valence electrons. The van der Waals surface area contributed by atoms with E-state index in [1.54, 1.807) is 18.2 Å². The monoisotopic (exact) mass is 333 g/mol. The second-order valence-corrected chi connectivity index (χ2v) is 5.64. The van der Waals surface area contributed by atoms with Crippen molar-refractivity contribution in [1.29, 1.82) is 0 Å². The van der Waals surface area contributed by atoms with Gasteiger partial charge in [-0.1, -0.05) is 23.7 Å². The number of aromatic nitrogens is 2. The van der Waals surface area contributed by atoms with Gasteiger partial charge in [0, 0.05) is 0 Å². The minimum absolute atomic E-state index is 0.128. The van der Waals surface area contributed by atoms with E-state index >= 15 is 0 Å². The summed E-state index contributed by atoms with van der Waals surface area (Å²) in [5.41, 5.74) is 3.08. The molecule has 7 heteroatoms. The van der Waals surface area contributed by atoms with Crippen molar-refractivity contribution in [3.8, 4) is 5.75 Å². The highest BCUT2D eigenvalue weighted by Crippen LogP contribution is 2.25. The number of ether oxygens (including phenoxy) is 1. The van der Waals surface area contributed by atoms with Gasteiger partial charge in [-0.3, -0.25) is 4.79 Å². The number of nitrogens with one attached hydrogen (secondary N) is 1. The topological polar surface area (TPSA) is 64.1 Å². The van der Waals surface area contributed by atoms with E-state index in [1.807, 2.05) is 25.1 Å². The molecule has 0 fully saturated rings. The van der Waals surface area contributed by atoms with Crippen molar-refractivity contribution < 1.29 is 9.53 Å². The van der Waals surface area contributed by atoms with Crippen LogP contribution in [0.3, 0.4) is 0 Å². The van der Waals surface area contributed by atoms with Gasteiger partial charge in [-0.25, -0.2) is 0 Å². The molecule has 2 aromatic carbocycles. The summed E-state index contributed by atoms with van der Waals surface area (Å²) in [6.07, 6.45) is 0. The third-order valence-electron chi connectivity index (χ3n) is 3.01. The lowest BCUT2D eigenvalue weighted by molar-refractivity contribution is -0.118. The molecule has 3 rings (SSSR count). The van der Waals surface area contributed by atoms with Crippen molar-refractivity contribution in [2.75, 3.05) is 11.9 Å². The summed E-state index contributed by atoms with van der Waals surface area (Å²) >= 11 is 7.17. The summed E-state index contributed by atoms with van der Waals surface area (Å²) in [5, 5.41) is 3.25. The first kappa shape index (κ1) is 14.7. The zero-order valence-corrected chi connectivity index (χ0v) is 13.2. The molecule has 0 unspecified atom stereocenters. The Hall–Kier alpha value is -2.18. The third kappa shape index (κ3) is 3.18. The molecule has 1 aromatic heterocycles. The van der Waals surface area contributed by atoms with Gasteiger partial charge in [0.15, 0.2) is 6.61 Å². The highest BCUT2D eigenvalue weighted by atomic mass is 35.5. The summed E-state index contributed by atoms with van der Waals surface area (Å²) < 4.78 is 13.7. The molecule has 22 heavy (non-hydrogen) atoms. The summed E-state index contributed by atoms with van der Waals surface area (Å²) in [6, 6.07) is 10.8. The van der Waals surface area contributed by atoms with Gasteiger partial charge in [-0.05, 0) is 36.8 Å². The van der Waals surface area contributed by atoms with Crippen molar-refractivity contribution in [2.24, 2.45) is 0 Å². The molecule has 0 saturated carbocycles. The first-order valence-electron chi connectivity index (χ1n) is 6.53. The van der Waals surface area contributed by atoms with Crippen molar-refractivity contribution in [3.05, 3.63) is 47.0 Å². The molecule has 0 radical (unpaired) electrons. The number of aryl methyl sites for hydroxylation is 1. The van der Waals surface area contributed by atoms with Gasteiger partial charge < -0.3 is 10.1 Å². The number of anilines is 1. The number of hydrogen-bond acceptors (Lipinski definition) is 5. The predicted octanol–water partition coefficient (Wildman–Crippen LogP) is 3.67. The van der Waals surface area contributed by atoms with Gasteiger partial charge in [0.2, 0.25) is 0 Å². The standard InChI is InChI=1S/C15H12ClN3O2S/c1-9-5-6-13(10(16)7-9)21-8-14(20)17-11-3-2-4-12-15(11)19-22-18-12/h2-7H,8H2,1H3,(H,17,20). The largest absolute Gasteiger partial charge is 0.482 e. The Labute approximate surface area is 136 Å². The van der Waals surface area contributed by atoms with Crippen LogP contribution in [0.1, 0.15) is 5.56 Å². The van der Waals surface area contributed by atoms with Crippen LogP contribution in [0.15, 0.2) is 36.4 Å². The maximum Gasteiger partial charge on any atom is 0.262 e. The lowest BCUT2D eigenvalue weighted by atomic mass is 10.2. The van der Waals surface area contributed by atoms with Crippen molar-refractivity contribution in [1.82, 2.24) is 8.75 Å². The van der Waals surface area contributed by atoms with Crippen LogP contribution in [-0.2, 0) is 4.79 Å². The average Bonchev–Trinajstić information content (AvgIpc) is 2.96. The van der Waals surface area contributed by atoms with E-state index in [2.05, 4.69) is 14.1 Å². The average molecular weight is 334 g/mol. The number of carbonyl (C=O) groups is 1. The van der Waals surface area contributed by atoms with Gasteiger partial charge in [0.25, 0.3) is 5.91 Å². The van der Waals surface area contributed by atoms with Crippen molar-refractivity contribution in [3.63, 3.8) is 0 Å².